The Labute approximate surface area is 171 Å². The standard InChI is InChI=1S/C22H27N7/c1-3-7-18(8-4-1)15-19-25-20-9-12-28(13-14-29(20)26-19)22-16-21(23-17-24-22)27-10-5-2-6-11-27/h1,3-4,7-8,16-17H,2,5-6,9-15H2. The van der Waals surface area contributed by atoms with Crippen molar-refractivity contribution in [1.29, 1.82) is 0 Å². The molecule has 150 valence electrons. The summed E-state index contributed by atoms with van der Waals surface area (Å²) in [6.07, 6.45) is 7.20. The molecule has 7 heteroatoms. The van der Waals surface area contributed by atoms with Gasteiger partial charge in [0, 0.05) is 45.1 Å². The second-order valence-corrected chi connectivity index (χ2v) is 7.85. The largest absolute Gasteiger partial charge is 0.356 e. The molecule has 0 spiro atoms. The van der Waals surface area contributed by atoms with E-state index in [1.165, 1.54) is 24.8 Å². The number of nitrogens with zero attached hydrogens (tertiary/aromatic N) is 7. The summed E-state index contributed by atoms with van der Waals surface area (Å²) in [5.41, 5.74) is 1.25. The molecule has 0 amide bonds. The van der Waals surface area contributed by atoms with Crippen LogP contribution in [0.25, 0.3) is 0 Å². The summed E-state index contributed by atoms with van der Waals surface area (Å²) < 4.78 is 2.07. The van der Waals surface area contributed by atoms with Crippen LogP contribution in [0.1, 0.15) is 36.5 Å². The van der Waals surface area contributed by atoms with Crippen LogP contribution in [0, 0.1) is 0 Å². The highest BCUT2D eigenvalue weighted by molar-refractivity contribution is 5.50. The smallest absolute Gasteiger partial charge is 0.155 e. The molecular formula is C22H27N7. The Kier molecular flexibility index (Phi) is 5.11. The minimum absolute atomic E-state index is 0.787. The van der Waals surface area contributed by atoms with Crippen molar-refractivity contribution in [3.05, 3.63) is 59.9 Å². The topological polar surface area (TPSA) is 63.0 Å². The number of aromatic nitrogens is 5. The zero-order valence-electron chi connectivity index (χ0n) is 16.7. The van der Waals surface area contributed by atoms with E-state index in [0.717, 1.165) is 68.8 Å². The van der Waals surface area contributed by atoms with E-state index in [4.69, 9.17) is 10.1 Å². The van der Waals surface area contributed by atoms with Gasteiger partial charge in [0.2, 0.25) is 0 Å². The highest BCUT2D eigenvalue weighted by atomic mass is 15.4. The fraction of sp³-hybridized carbons (Fsp3) is 0.455. The van der Waals surface area contributed by atoms with Crippen molar-refractivity contribution in [1.82, 2.24) is 24.7 Å². The molecule has 7 nitrogen and oxygen atoms in total. The quantitative estimate of drug-likeness (QED) is 0.684. The summed E-state index contributed by atoms with van der Waals surface area (Å²) >= 11 is 0. The van der Waals surface area contributed by atoms with Gasteiger partial charge in [0.25, 0.3) is 0 Å². The molecule has 2 aliphatic rings. The van der Waals surface area contributed by atoms with Crippen molar-refractivity contribution in [2.75, 3.05) is 36.0 Å². The fourth-order valence-corrected chi connectivity index (χ4v) is 4.24. The van der Waals surface area contributed by atoms with Crippen LogP contribution >= 0.6 is 0 Å². The van der Waals surface area contributed by atoms with Gasteiger partial charge in [-0.25, -0.2) is 19.6 Å². The van der Waals surface area contributed by atoms with Gasteiger partial charge in [-0.2, -0.15) is 5.10 Å². The zero-order valence-corrected chi connectivity index (χ0v) is 16.7. The third-order valence-electron chi connectivity index (χ3n) is 5.83. The van der Waals surface area contributed by atoms with Gasteiger partial charge < -0.3 is 9.80 Å². The Morgan fingerprint density at radius 3 is 2.34 bits per heavy atom. The first-order valence-electron chi connectivity index (χ1n) is 10.6. The summed E-state index contributed by atoms with van der Waals surface area (Å²) in [6, 6.07) is 12.6. The average molecular weight is 390 g/mol. The molecule has 4 heterocycles. The molecule has 3 aromatic rings. The molecule has 0 N–H and O–H groups in total. The van der Waals surface area contributed by atoms with Crippen molar-refractivity contribution in [2.24, 2.45) is 0 Å². The van der Waals surface area contributed by atoms with Crippen LogP contribution in [-0.4, -0.2) is 50.9 Å². The molecule has 0 aliphatic carbocycles. The molecule has 0 bridgehead atoms. The minimum atomic E-state index is 0.787. The van der Waals surface area contributed by atoms with Crippen molar-refractivity contribution >= 4 is 11.6 Å². The third kappa shape index (κ3) is 4.09. The van der Waals surface area contributed by atoms with Crippen LogP contribution in [0.5, 0.6) is 0 Å². The van der Waals surface area contributed by atoms with E-state index in [-0.39, 0.29) is 0 Å². The second-order valence-electron chi connectivity index (χ2n) is 7.85. The fourth-order valence-electron chi connectivity index (χ4n) is 4.24. The van der Waals surface area contributed by atoms with Crippen molar-refractivity contribution < 1.29 is 0 Å². The first kappa shape index (κ1) is 18.1. The van der Waals surface area contributed by atoms with E-state index in [0.29, 0.717) is 0 Å². The van der Waals surface area contributed by atoms with Crippen LogP contribution in [0.4, 0.5) is 11.6 Å². The summed E-state index contributed by atoms with van der Waals surface area (Å²) in [5.74, 6) is 4.05. The first-order chi connectivity index (χ1) is 14.3. The predicted molar refractivity (Wildman–Crippen MR) is 113 cm³/mol. The lowest BCUT2D eigenvalue weighted by Crippen LogP contribution is -2.31. The number of benzene rings is 1. The van der Waals surface area contributed by atoms with Gasteiger partial charge >= 0.3 is 0 Å². The summed E-state index contributed by atoms with van der Waals surface area (Å²) in [7, 11) is 0. The van der Waals surface area contributed by atoms with E-state index in [2.05, 4.69) is 54.8 Å². The Balaban J connectivity index is 1.27. The molecule has 29 heavy (non-hydrogen) atoms. The maximum absolute atomic E-state index is 4.81. The van der Waals surface area contributed by atoms with Crippen molar-refractivity contribution in [2.45, 2.75) is 38.6 Å². The SMILES string of the molecule is c1ccc(Cc2nc3n(n2)CCN(c2cc(N4CCCCC4)ncn2)CC3)cc1. The molecule has 2 aromatic heterocycles. The Bertz CT molecular complexity index is 921. The Morgan fingerprint density at radius 2 is 1.55 bits per heavy atom. The van der Waals surface area contributed by atoms with Crippen molar-refractivity contribution in [3.63, 3.8) is 0 Å². The van der Waals surface area contributed by atoms with E-state index in [1.807, 2.05) is 6.07 Å². The number of rotatable bonds is 4. The lowest BCUT2D eigenvalue weighted by atomic mass is 10.1. The van der Waals surface area contributed by atoms with Crippen LogP contribution in [-0.2, 0) is 19.4 Å². The molecule has 5 rings (SSSR count). The van der Waals surface area contributed by atoms with Gasteiger partial charge in [-0.3, -0.25) is 0 Å². The minimum Gasteiger partial charge on any atom is -0.356 e. The van der Waals surface area contributed by atoms with Gasteiger partial charge in [-0.1, -0.05) is 30.3 Å². The molecule has 0 unspecified atom stereocenters. The molecule has 0 atom stereocenters. The van der Waals surface area contributed by atoms with Gasteiger partial charge in [0.15, 0.2) is 5.82 Å². The number of anilines is 2. The Hall–Kier alpha value is -2.96. The first-order valence-corrected chi connectivity index (χ1v) is 10.6. The lowest BCUT2D eigenvalue weighted by Gasteiger charge is -2.29. The van der Waals surface area contributed by atoms with Crippen molar-refractivity contribution in [3.8, 4) is 0 Å². The van der Waals surface area contributed by atoms with Crippen LogP contribution in [0.15, 0.2) is 42.7 Å². The van der Waals surface area contributed by atoms with E-state index >= 15 is 0 Å². The molecule has 1 saturated heterocycles. The molecule has 0 saturated carbocycles. The van der Waals surface area contributed by atoms with E-state index in [9.17, 15) is 0 Å². The monoisotopic (exact) mass is 389 g/mol. The number of hydrogen-bond donors (Lipinski definition) is 0. The zero-order chi connectivity index (χ0) is 19.5. The molecular weight excluding hydrogens is 362 g/mol. The summed E-state index contributed by atoms with van der Waals surface area (Å²) in [5, 5.41) is 4.76. The molecule has 2 aliphatic heterocycles. The summed E-state index contributed by atoms with van der Waals surface area (Å²) in [4.78, 5) is 18.6. The molecule has 1 fully saturated rings. The van der Waals surface area contributed by atoms with Gasteiger partial charge in [-0.15, -0.1) is 0 Å². The predicted octanol–water partition coefficient (Wildman–Crippen LogP) is 2.71. The van der Waals surface area contributed by atoms with Gasteiger partial charge in [0.05, 0.1) is 6.54 Å². The van der Waals surface area contributed by atoms with Gasteiger partial charge in [0.1, 0.15) is 23.8 Å². The highest BCUT2D eigenvalue weighted by Gasteiger charge is 2.20. The van der Waals surface area contributed by atoms with Crippen LogP contribution in [0.3, 0.4) is 0 Å². The lowest BCUT2D eigenvalue weighted by molar-refractivity contribution is 0.572. The van der Waals surface area contributed by atoms with Crippen LogP contribution < -0.4 is 9.80 Å². The van der Waals surface area contributed by atoms with Crippen LogP contribution in [0.2, 0.25) is 0 Å². The molecule has 0 radical (unpaired) electrons. The van der Waals surface area contributed by atoms with E-state index < -0.39 is 0 Å². The van der Waals surface area contributed by atoms with E-state index in [1.54, 1.807) is 6.33 Å². The summed E-state index contributed by atoms with van der Waals surface area (Å²) in [6.45, 7) is 4.82. The highest BCUT2D eigenvalue weighted by Crippen LogP contribution is 2.22. The number of hydrogen-bond acceptors (Lipinski definition) is 6. The number of fused-ring (bicyclic) bond motifs is 1. The second kappa shape index (κ2) is 8.19. The normalized spacial score (nSPS) is 17.1. The Morgan fingerprint density at radius 1 is 0.793 bits per heavy atom. The molecule has 1 aromatic carbocycles. The maximum atomic E-state index is 4.81. The average Bonchev–Trinajstić information content (AvgIpc) is 3.05. The maximum Gasteiger partial charge on any atom is 0.155 e. The third-order valence-corrected chi connectivity index (χ3v) is 5.83. The van der Waals surface area contributed by atoms with Gasteiger partial charge in [-0.05, 0) is 24.8 Å². The number of piperidine rings is 1.